The van der Waals surface area contributed by atoms with Gasteiger partial charge >= 0.3 is 0 Å². The number of amides is 2. The molecule has 1 aliphatic rings. The zero-order valence-corrected chi connectivity index (χ0v) is 12.5. The van der Waals surface area contributed by atoms with Gasteiger partial charge in [-0.15, -0.1) is 0 Å². The van der Waals surface area contributed by atoms with Gasteiger partial charge in [-0.1, -0.05) is 6.07 Å². The molecule has 114 valence electrons. The molecule has 0 saturated carbocycles. The summed E-state index contributed by atoms with van der Waals surface area (Å²) in [5.41, 5.74) is 7.43. The van der Waals surface area contributed by atoms with Gasteiger partial charge < -0.3 is 21.1 Å². The van der Waals surface area contributed by atoms with Crippen LogP contribution in [0, 0.1) is 12.3 Å². The standard InChI is InChI=1S/C15H21N3O3/c1-9-4-5-11(17-10(2)19)6-12(9)18-14(20)15(3)8-21-7-13(15)16/h4-6,13H,7-8,16H2,1-3H3,(H,17,19)(H,18,20). The van der Waals surface area contributed by atoms with E-state index in [4.69, 9.17) is 10.5 Å². The fraction of sp³-hybridized carbons (Fsp3) is 0.467. The second-order valence-corrected chi connectivity index (χ2v) is 5.70. The SMILES string of the molecule is CC(=O)Nc1ccc(C)c(NC(=O)C2(C)COCC2N)c1. The molecule has 1 fully saturated rings. The molecule has 2 unspecified atom stereocenters. The summed E-state index contributed by atoms with van der Waals surface area (Å²) >= 11 is 0. The minimum Gasteiger partial charge on any atom is -0.379 e. The summed E-state index contributed by atoms with van der Waals surface area (Å²) in [6.45, 7) is 5.82. The molecule has 0 radical (unpaired) electrons. The van der Waals surface area contributed by atoms with E-state index in [0.29, 0.717) is 24.6 Å². The van der Waals surface area contributed by atoms with Crippen molar-refractivity contribution in [2.24, 2.45) is 11.1 Å². The molecule has 1 aromatic rings. The Morgan fingerprint density at radius 1 is 1.38 bits per heavy atom. The van der Waals surface area contributed by atoms with Crippen molar-refractivity contribution in [3.63, 3.8) is 0 Å². The van der Waals surface area contributed by atoms with Crippen LogP contribution < -0.4 is 16.4 Å². The largest absolute Gasteiger partial charge is 0.379 e. The molecule has 6 nitrogen and oxygen atoms in total. The zero-order valence-electron chi connectivity index (χ0n) is 12.5. The highest BCUT2D eigenvalue weighted by Crippen LogP contribution is 2.30. The quantitative estimate of drug-likeness (QED) is 0.781. The number of aryl methyl sites for hydroxylation is 1. The van der Waals surface area contributed by atoms with E-state index < -0.39 is 5.41 Å². The predicted molar refractivity (Wildman–Crippen MR) is 81.0 cm³/mol. The second-order valence-electron chi connectivity index (χ2n) is 5.70. The minimum atomic E-state index is -0.740. The molecule has 21 heavy (non-hydrogen) atoms. The van der Waals surface area contributed by atoms with Crippen LogP contribution >= 0.6 is 0 Å². The maximum Gasteiger partial charge on any atom is 0.234 e. The molecule has 6 heteroatoms. The first-order valence-electron chi connectivity index (χ1n) is 6.86. The molecule has 2 atom stereocenters. The van der Waals surface area contributed by atoms with Crippen molar-refractivity contribution in [3.8, 4) is 0 Å². The normalized spacial score (nSPS) is 24.7. The first kappa shape index (κ1) is 15.5. The van der Waals surface area contributed by atoms with Crippen LogP contribution in [0.5, 0.6) is 0 Å². The third-order valence-corrected chi connectivity index (χ3v) is 3.84. The minimum absolute atomic E-state index is 0.158. The number of carbonyl (C=O) groups excluding carboxylic acids is 2. The molecule has 2 rings (SSSR count). The van der Waals surface area contributed by atoms with Gasteiger partial charge in [0.05, 0.1) is 18.6 Å². The number of anilines is 2. The smallest absolute Gasteiger partial charge is 0.234 e. The van der Waals surface area contributed by atoms with Crippen molar-refractivity contribution in [2.45, 2.75) is 26.8 Å². The van der Waals surface area contributed by atoms with Crippen LogP contribution in [0.3, 0.4) is 0 Å². The number of hydrogen-bond acceptors (Lipinski definition) is 4. The maximum atomic E-state index is 12.5. The average Bonchev–Trinajstić information content (AvgIpc) is 2.74. The molecule has 0 aromatic heterocycles. The Labute approximate surface area is 124 Å². The number of ether oxygens (including phenoxy) is 1. The lowest BCUT2D eigenvalue weighted by atomic mass is 9.84. The Morgan fingerprint density at radius 3 is 2.67 bits per heavy atom. The maximum absolute atomic E-state index is 12.5. The van der Waals surface area contributed by atoms with Gasteiger partial charge in [-0.25, -0.2) is 0 Å². The van der Waals surface area contributed by atoms with Gasteiger partial charge in [-0.2, -0.15) is 0 Å². The molecular weight excluding hydrogens is 270 g/mol. The van der Waals surface area contributed by atoms with Crippen LogP contribution in [0.1, 0.15) is 19.4 Å². The number of nitrogens with one attached hydrogen (secondary N) is 2. The molecule has 4 N–H and O–H groups in total. The van der Waals surface area contributed by atoms with Crippen molar-refractivity contribution in [2.75, 3.05) is 23.8 Å². The summed E-state index contributed by atoms with van der Waals surface area (Å²) in [5.74, 6) is -0.329. The molecule has 1 aliphatic heterocycles. The van der Waals surface area contributed by atoms with E-state index in [1.165, 1.54) is 6.92 Å². The van der Waals surface area contributed by atoms with Gasteiger partial charge in [-0.3, -0.25) is 9.59 Å². The lowest BCUT2D eigenvalue weighted by Crippen LogP contribution is -2.47. The number of hydrogen-bond donors (Lipinski definition) is 3. The third-order valence-electron chi connectivity index (χ3n) is 3.84. The Kier molecular flexibility index (Phi) is 4.29. The summed E-state index contributed by atoms with van der Waals surface area (Å²) in [5, 5.41) is 5.58. The van der Waals surface area contributed by atoms with E-state index >= 15 is 0 Å². The van der Waals surface area contributed by atoms with E-state index in [2.05, 4.69) is 10.6 Å². The van der Waals surface area contributed by atoms with Crippen molar-refractivity contribution in [3.05, 3.63) is 23.8 Å². The van der Waals surface area contributed by atoms with E-state index in [1.807, 2.05) is 13.0 Å². The summed E-state index contributed by atoms with van der Waals surface area (Å²) in [4.78, 5) is 23.6. The molecule has 1 aromatic carbocycles. The number of nitrogens with two attached hydrogens (primary N) is 1. The number of benzene rings is 1. The highest BCUT2D eigenvalue weighted by molar-refractivity contribution is 5.97. The fourth-order valence-corrected chi connectivity index (χ4v) is 2.23. The highest BCUT2D eigenvalue weighted by atomic mass is 16.5. The van der Waals surface area contributed by atoms with Crippen molar-refractivity contribution >= 4 is 23.2 Å². The van der Waals surface area contributed by atoms with Crippen LogP contribution in [-0.2, 0) is 14.3 Å². The lowest BCUT2D eigenvalue weighted by molar-refractivity contribution is -0.125. The van der Waals surface area contributed by atoms with E-state index in [1.54, 1.807) is 19.1 Å². The Bertz CT molecular complexity index is 573. The van der Waals surface area contributed by atoms with Crippen LogP contribution in [0.2, 0.25) is 0 Å². The zero-order chi connectivity index (χ0) is 15.6. The predicted octanol–water partition coefficient (Wildman–Crippen LogP) is 1.26. The van der Waals surface area contributed by atoms with Gasteiger partial charge in [0.1, 0.15) is 0 Å². The highest BCUT2D eigenvalue weighted by Gasteiger charge is 2.44. The van der Waals surface area contributed by atoms with Gasteiger partial charge in [0, 0.05) is 24.3 Å². The van der Waals surface area contributed by atoms with Crippen LogP contribution in [0.15, 0.2) is 18.2 Å². The summed E-state index contributed by atoms with van der Waals surface area (Å²) < 4.78 is 5.29. The molecule has 2 amide bonds. The molecule has 0 spiro atoms. The van der Waals surface area contributed by atoms with E-state index in [9.17, 15) is 9.59 Å². The van der Waals surface area contributed by atoms with Crippen LogP contribution in [0.4, 0.5) is 11.4 Å². The first-order chi connectivity index (χ1) is 9.83. The van der Waals surface area contributed by atoms with Gasteiger partial charge in [0.15, 0.2) is 0 Å². The average molecular weight is 291 g/mol. The molecule has 0 aliphatic carbocycles. The number of rotatable bonds is 3. The molecule has 1 saturated heterocycles. The van der Waals surface area contributed by atoms with E-state index in [0.717, 1.165) is 5.56 Å². The first-order valence-corrected chi connectivity index (χ1v) is 6.86. The van der Waals surface area contributed by atoms with Gasteiger partial charge in [-0.05, 0) is 31.5 Å². The lowest BCUT2D eigenvalue weighted by Gasteiger charge is -2.26. The summed E-state index contributed by atoms with van der Waals surface area (Å²) in [6, 6.07) is 5.04. The van der Waals surface area contributed by atoms with E-state index in [-0.39, 0.29) is 17.9 Å². The summed E-state index contributed by atoms with van der Waals surface area (Å²) in [6.07, 6.45) is 0. The van der Waals surface area contributed by atoms with Crippen LogP contribution in [-0.4, -0.2) is 31.1 Å². The van der Waals surface area contributed by atoms with Gasteiger partial charge in [0.2, 0.25) is 11.8 Å². The van der Waals surface area contributed by atoms with Crippen LogP contribution in [0.25, 0.3) is 0 Å². The molecule has 0 bridgehead atoms. The van der Waals surface area contributed by atoms with Crippen molar-refractivity contribution in [1.29, 1.82) is 0 Å². The van der Waals surface area contributed by atoms with Gasteiger partial charge in [0.25, 0.3) is 0 Å². The Balaban J connectivity index is 2.18. The third kappa shape index (κ3) is 3.22. The number of carbonyl (C=O) groups is 2. The monoisotopic (exact) mass is 291 g/mol. The van der Waals surface area contributed by atoms with Crippen molar-refractivity contribution in [1.82, 2.24) is 0 Å². The molecular formula is C15H21N3O3. The summed E-state index contributed by atoms with van der Waals surface area (Å²) in [7, 11) is 0. The second kappa shape index (κ2) is 5.83. The Hall–Kier alpha value is -1.92. The topological polar surface area (TPSA) is 93.5 Å². The fourth-order valence-electron chi connectivity index (χ4n) is 2.23. The Morgan fingerprint density at radius 2 is 2.10 bits per heavy atom. The van der Waals surface area contributed by atoms with Crippen molar-refractivity contribution < 1.29 is 14.3 Å². The molecule has 1 heterocycles.